The highest BCUT2D eigenvalue weighted by molar-refractivity contribution is 6.30. The molecule has 13 heavy (non-hydrogen) atoms. The largest absolute Gasteiger partial charge is 0.508 e. The molecule has 0 spiro atoms. The predicted molar refractivity (Wildman–Crippen MR) is 54.9 cm³/mol. The highest BCUT2D eigenvalue weighted by Gasteiger charge is 2.20. The van der Waals surface area contributed by atoms with Crippen molar-refractivity contribution in [3.05, 3.63) is 41.4 Å². The van der Waals surface area contributed by atoms with Gasteiger partial charge in [-0.25, -0.2) is 0 Å². The molecule has 0 aromatic heterocycles. The van der Waals surface area contributed by atoms with Gasteiger partial charge in [-0.05, 0) is 25.1 Å². The lowest BCUT2D eigenvalue weighted by Gasteiger charge is -2.21. The molecular weight excluding hydrogens is 186 g/mol. The monoisotopic (exact) mass is 197 g/mol. The Labute approximate surface area is 82.6 Å². The van der Waals surface area contributed by atoms with Gasteiger partial charge in [0.1, 0.15) is 5.75 Å². The molecule has 0 amide bonds. The van der Waals surface area contributed by atoms with Gasteiger partial charge in [-0.2, -0.15) is 0 Å². The lowest BCUT2D eigenvalue weighted by molar-refractivity contribution is 0.452. The molecule has 2 nitrogen and oxygen atoms in total. The predicted octanol–water partition coefficient (Wildman–Crippen LogP) is 2.41. The summed E-state index contributed by atoms with van der Waals surface area (Å²) in [6.07, 6.45) is 1.57. The van der Waals surface area contributed by atoms with Gasteiger partial charge in [0.05, 0.1) is 5.54 Å². The molecule has 0 saturated heterocycles. The van der Waals surface area contributed by atoms with Crippen LogP contribution in [-0.2, 0) is 5.54 Å². The second-order valence-corrected chi connectivity index (χ2v) is 3.58. The summed E-state index contributed by atoms with van der Waals surface area (Å²) in [5.41, 5.74) is 5.69. The molecule has 0 saturated carbocycles. The van der Waals surface area contributed by atoms with E-state index in [9.17, 15) is 5.11 Å². The van der Waals surface area contributed by atoms with Crippen molar-refractivity contribution in [1.29, 1.82) is 0 Å². The lowest BCUT2D eigenvalue weighted by Crippen LogP contribution is -2.30. The number of hydrogen-bond acceptors (Lipinski definition) is 2. The number of phenolic OH excluding ortho intramolecular Hbond substituents is 1. The zero-order chi connectivity index (χ0) is 10.1. The number of nitrogens with two attached hydrogens (primary N) is 1. The minimum absolute atomic E-state index is 0.134. The maximum Gasteiger partial charge on any atom is 0.121 e. The molecule has 0 unspecified atom stereocenters. The Morgan fingerprint density at radius 1 is 1.62 bits per heavy atom. The first-order valence-electron chi connectivity index (χ1n) is 3.89. The zero-order valence-corrected chi connectivity index (χ0v) is 8.17. The molecule has 0 fully saturated rings. The molecule has 0 aliphatic rings. The molecule has 0 bridgehead atoms. The van der Waals surface area contributed by atoms with E-state index in [-0.39, 0.29) is 5.75 Å². The summed E-state index contributed by atoms with van der Waals surface area (Å²) >= 11 is 5.78. The van der Waals surface area contributed by atoms with Crippen LogP contribution in [0.25, 0.3) is 0 Å². The van der Waals surface area contributed by atoms with Crippen molar-refractivity contribution < 1.29 is 5.11 Å². The molecular formula is C10H12ClNO. The lowest BCUT2D eigenvalue weighted by atomic mass is 9.93. The van der Waals surface area contributed by atoms with Crippen molar-refractivity contribution in [3.63, 3.8) is 0 Å². The highest BCUT2D eigenvalue weighted by atomic mass is 35.5. The van der Waals surface area contributed by atoms with Crippen LogP contribution in [0.2, 0.25) is 5.02 Å². The molecule has 1 rings (SSSR count). The Morgan fingerprint density at radius 3 is 2.77 bits per heavy atom. The zero-order valence-electron chi connectivity index (χ0n) is 7.42. The van der Waals surface area contributed by atoms with E-state index >= 15 is 0 Å². The van der Waals surface area contributed by atoms with Gasteiger partial charge in [-0.1, -0.05) is 17.7 Å². The minimum atomic E-state index is -0.755. The number of hydrogen-bond donors (Lipinski definition) is 2. The maximum absolute atomic E-state index is 9.52. The maximum atomic E-state index is 9.52. The summed E-state index contributed by atoms with van der Waals surface area (Å²) in [6, 6.07) is 4.77. The third-order valence-electron chi connectivity index (χ3n) is 1.96. The van der Waals surface area contributed by atoms with Gasteiger partial charge in [0, 0.05) is 10.6 Å². The Morgan fingerprint density at radius 2 is 2.23 bits per heavy atom. The van der Waals surface area contributed by atoms with E-state index in [0.717, 1.165) is 0 Å². The van der Waals surface area contributed by atoms with Crippen molar-refractivity contribution in [3.8, 4) is 5.75 Å². The van der Waals surface area contributed by atoms with Crippen molar-refractivity contribution in [1.82, 2.24) is 0 Å². The first-order valence-corrected chi connectivity index (χ1v) is 4.26. The van der Waals surface area contributed by atoms with Crippen LogP contribution in [0.1, 0.15) is 12.5 Å². The fraction of sp³-hybridized carbons (Fsp3) is 0.200. The Balaban J connectivity index is 3.28. The third kappa shape index (κ3) is 2.02. The van der Waals surface area contributed by atoms with E-state index in [4.69, 9.17) is 17.3 Å². The van der Waals surface area contributed by atoms with Gasteiger partial charge < -0.3 is 10.8 Å². The normalized spacial score (nSPS) is 15.0. The number of rotatable bonds is 2. The molecule has 0 radical (unpaired) electrons. The van der Waals surface area contributed by atoms with Gasteiger partial charge in [0.25, 0.3) is 0 Å². The van der Waals surface area contributed by atoms with E-state index in [2.05, 4.69) is 6.58 Å². The molecule has 1 aromatic rings. The van der Waals surface area contributed by atoms with Crippen LogP contribution in [0.4, 0.5) is 0 Å². The van der Waals surface area contributed by atoms with Crippen LogP contribution in [0.5, 0.6) is 5.75 Å². The molecule has 3 heteroatoms. The summed E-state index contributed by atoms with van der Waals surface area (Å²) in [4.78, 5) is 0. The summed E-state index contributed by atoms with van der Waals surface area (Å²) in [6.45, 7) is 5.36. The number of halogens is 1. The fourth-order valence-corrected chi connectivity index (χ4v) is 1.22. The van der Waals surface area contributed by atoms with Crippen molar-refractivity contribution in [2.75, 3.05) is 0 Å². The first-order chi connectivity index (χ1) is 5.97. The number of benzene rings is 1. The van der Waals surface area contributed by atoms with Crippen molar-refractivity contribution in [2.24, 2.45) is 5.73 Å². The topological polar surface area (TPSA) is 46.2 Å². The standard InChI is InChI=1S/C10H12ClNO/c1-3-10(2,12)8-6-7(11)4-5-9(8)13/h3-6,13H,1,12H2,2H3/t10-/m0/s1. The van der Waals surface area contributed by atoms with Gasteiger partial charge >= 0.3 is 0 Å². The molecule has 0 aliphatic carbocycles. The summed E-state index contributed by atoms with van der Waals surface area (Å²) < 4.78 is 0. The average molecular weight is 198 g/mol. The smallest absolute Gasteiger partial charge is 0.121 e. The van der Waals surface area contributed by atoms with Gasteiger partial charge in [-0.3, -0.25) is 0 Å². The average Bonchev–Trinajstić information content (AvgIpc) is 2.09. The van der Waals surface area contributed by atoms with E-state index in [1.807, 2.05) is 0 Å². The first kappa shape index (κ1) is 10.1. The number of aromatic hydroxyl groups is 1. The van der Waals surface area contributed by atoms with Crippen molar-refractivity contribution >= 4 is 11.6 Å². The molecule has 3 N–H and O–H groups in total. The van der Waals surface area contributed by atoms with Gasteiger partial charge in [-0.15, -0.1) is 6.58 Å². The van der Waals surface area contributed by atoms with E-state index in [1.54, 1.807) is 25.1 Å². The molecule has 0 aliphatic heterocycles. The summed E-state index contributed by atoms with van der Waals surface area (Å²) in [5, 5.41) is 10.1. The summed E-state index contributed by atoms with van der Waals surface area (Å²) in [7, 11) is 0. The van der Waals surface area contributed by atoms with E-state index in [1.165, 1.54) is 6.07 Å². The van der Waals surface area contributed by atoms with Crippen LogP contribution in [0.3, 0.4) is 0 Å². The Hall–Kier alpha value is -0.990. The minimum Gasteiger partial charge on any atom is -0.508 e. The quantitative estimate of drug-likeness (QED) is 0.716. The SMILES string of the molecule is C=C[C@](C)(N)c1cc(Cl)ccc1O. The molecule has 0 heterocycles. The van der Waals surface area contributed by atoms with Crippen LogP contribution in [-0.4, -0.2) is 5.11 Å². The fourth-order valence-electron chi connectivity index (χ4n) is 1.05. The Kier molecular flexibility index (Phi) is 2.64. The van der Waals surface area contributed by atoms with Crippen LogP contribution in [0, 0.1) is 0 Å². The van der Waals surface area contributed by atoms with E-state index < -0.39 is 5.54 Å². The second-order valence-electron chi connectivity index (χ2n) is 3.15. The van der Waals surface area contributed by atoms with Gasteiger partial charge in [0.2, 0.25) is 0 Å². The molecule has 70 valence electrons. The van der Waals surface area contributed by atoms with E-state index in [0.29, 0.717) is 10.6 Å². The van der Waals surface area contributed by atoms with Gasteiger partial charge in [0.15, 0.2) is 0 Å². The number of phenols is 1. The van der Waals surface area contributed by atoms with Crippen LogP contribution < -0.4 is 5.73 Å². The summed E-state index contributed by atoms with van der Waals surface area (Å²) in [5.74, 6) is 0.134. The van der Waals surface area contributed by atoms with Crippen molar-refractivity contribution in [2.45, 2.75) is 12.5 Å². The molecule has 1 aromatic carbocycles. The van der Waals surface area contributed by atoms with Crippen LogP contribution >= 0.6 is 11.6 Å². The second kappa shape index (κ2) is 3.40. The van der Waals surface area contributed by atoms with Crippen LogP contribution in [0.15, 0.2) is 30.9 Å². The third-order valence-corrected chi connectivity index (χ3v) is 2.20. The molecule has 1 atom stereocenters. The highest BCUT2D eigenvalue weighted by Crippen LogP contribution is 2.30. The Bertz CT molecular complexity index is 334.